The summed E-state index contributed by atoms with van der Waals surface area (Å²) in [6.07, 6.45) is 1.84. The second kappa shape index (κ2) is 6.79. The number of oxime groups is 1. The van der Waals surface area contributed by atoms with Gasteiger partial charge in [0.25, 0.3) is 0 Å². The summed E-state index contributed by atoms with van der Waals surface area (Å²) < 4.78 is 5.09. The molecule has 0 saturated carbocycles. The molecule has 7 nitrogen and oxygen atoms in total. The van der Waals surface area contributed by atoms with E-state index in [0.29, 0.717) is 41.0 Å². The van der Waals surface area contributed by atoms with Gasteiger partial charge in [0.15, 0.2) is 5.75 Å². The van der Waals surface area contributed by atoms with Crippen LogP contribution in [0.4, 0.5) is 5.69 Å². The largest absolute Gasteiger partial charge is 0.490 e. The summed E-state index contributed by atoms with van der Waals surface area (Å²) in [7, 11) is 1.40. The Morgan fingerprint density at radius 3 is 2.83 bits per heavy atom. The highest BCUT2D eigenvalue weighted by molar-refractivity contribution is 7.11. The van der Waals surface area contributed by atoms with E-state index >= 15 is 0 Å². The molecule has 1 aromatic heterocycles. The number of carbonyl (C=O) groups is 1. The number of rotatable bonds is 4. The number of hydrogen-bond acceptors (Lipinski definition) is 7. The number of thiophene rings is 1. The van der Waals surface area contributed by atoms with Gasteiger partial charge in [-0.05, 0) is 42.8 Å². The monoisotopic (exact) mass is 346 g/mol. The predicted molar refractivity (Wildman–Crippen MR) is 88.9 cm³/mol. The number of benzene rings is 1. The molecule has 0 atom stereocenters. The van der Waals surface area contributed by atoms with Crippen molar-refractivity contribution in [3.8, 4) is 5.75 Å². The van der Waals surface area contributed by atoms with Crippen LogP contribution in [0, 0.1) is 10.1 Å². The molecular formula is C16H14N2O5S. The first-order chi connectivity index (χ1) is 11.6. The van der Waals surface area contributed by atoms with Gasteiger partial charge in [0.2, 0.25) is 0 Å². The summed E-state index contributed by atoms with van der Waals surface area (Å²) in [5, 5.41) is 17.1. The van der Waals surface area contributed by atoms with Crippen molar-refractivity contribution in [1.29, 1.82) is 0 Å². The van der Waals surface area contributed by atoms with Crippen LogP contribution in [0.5, 0.6) is 5.75 Å². The van der Waals surface area contributed by atoms with Crippen LogP contribution in [0.25, 0.3) is 0 Å². The summed E-state index contributed by atoms with van der Waals surface area (Å²) >= 11 is 1.26. The lowest BCUT2D eigenvalue weighted by Crippen LogP contribution is -2.15. The molecule has 124 valence electrons. The van der Waals surface area contributed by atoms with Gasteiger partial charge in [-0.25, -0.2) is 4.79 Å². The predicted octanol–water partition coefficient (Wildman–Crippen LogP) is 3.56. The van der Waals surface area contributed by atoms with Crippen LogP contribution in [-0.4, -0.2) is 23.7 Å². The van der Waals surface area contributed by atoms with Crippen molar-refractivity contribution in [2.45, 2.75) is 19.3 Å². The Balaban J connectivity index is 1.94. The van der Waals surface area contributed by atoms with E-state index < -0.39 is 10.9 Å². The molecule has 0 radical (unpaired) electrons. The Morgan fingerprint density at radius 2 is 2.17 bits per heavy atom. The lowest BCUT2D eigenvalue weighted by Gasteiger charge is -2.18. The van der Waals surface area contributed by atoms with Crippen LogP contribution in [0.3, 0.4) is 0 Å². The van der Waals surface area contributed by atoms with E-state index in [1.807, 2.05) is 0 Å². The van der Waals surface area contributed by atoms with Gasteiger partial charge in [0, 0.05) is 11.1 Å². The Labute approximate surface area is 141 Å². The smallest absolute Gasteiger partial charge is 0.375 e. The molecule has 1 aliphatic carbocycles. The topological polar surface area (TPSA) is 91.0 Å². The second-order valence-electron chi connectivity index (χ2n) is 5.15. The highest BCUT2D eigenvalue weighted by Crippen LogP contribution is 2.37. The molecule has 8 heteroatoms. The SMILES string of the molecule is COc1ccc2c(c1[N+](=O)[O-])CCC/C2=N\OC(=O)c1cccs1. The molecule has 0 N–H and O–H groups in total. The summed E-state index contributed by atoms with van der Waals surface area (Å²) in [5.41, 5.74) is 1.68. The zero-order valence-corrected chi connectivity index (χ0v) is 13.7. The average Bonchev–Trinajstić information content (AvgIpc) is 3.12. The van der Waals surface area contributed by atoms with Crippen molar-refractivity contribution < 1.29 is 19.3 Å². The molecule has 24 heavy (non-hydrogen) atoms. The minimum Gasteiger partial charge on any atom is -0.490 e. The molecule has 0 spiro atoms. The highest BCUT2D eigenvalue weighted by atomic mass is 32.1. The van der Waals surface area contributed by atoms with Crippen molar-refractivity contribution in [2.75, 3.05) is 7.11 Å². The number of nitro groups is 1. The molecule has 0 unspecified atom stereocenters. The molecule has 0 bridgehead atoms. The minimum atomic E-state index is -0.535. The summed E-state index contributed by atoms with van der Waals surface area (Å²) in [6.45, 7) is 0. The average molecular weight is 346 g/mol. The molecule has 1 aliphatic rings. The van der Waals surface area contributed by atoms with Gasteiger partial charge in [-0.15, -0.1) is 11.3 Å². The van der Waals surface area contributed by atoms with E-state index in [4.69, 9.17) is 9.57 Å². The van der Waals surface area contributed by atoms with Crippen molar-refractivity contribution in [3.63, 3.8) is 0 Å². The molecule has 1 heterocycles. The third-order valence-electron chi connectivity index (χ3n) is 3.76. The summed E-state index contributed by atoms with van der Waals surface area (Å²) in [5.74, 6) is -0.316. The van der Waals surface area contributed by atoms with Gasteiger partial charge in [0.05, 0.1) is 17.7 Å². The first-order valence-corrected chi connectivity index (χ1v) is 8.16. The van der Waals surface area contributed by atoms with Crippen LogP contribution >= 0.6 is 11.3 Å². The molecule has 0 fully saturated rings. The van der Waals surface area contributed by atoms with Crippen molar-refractivity contribution in [3.05, 3.63) is 55.8 Å². The number of nitrogens with zero attached hydrogens (tertiary/aromatic N) is 2. The molecule has 0 amide bonds. The molecule has 0 aliphatic heterocycles. The maximum Gasteiger partial charge on any atom is 0.375 e. The molecule has 0 saturated heterocycles. The van der Waals surface area contributed by atoms with Gasteiger partial charge < -0.3 is 9.57 Å². The van der Waals surface area contributed by atoms with E-state index in [9.17, 15) is 14.9 Å². The minimum absolute atomic E-state index is 0.0491. The van der Waals surface area contributed by atoms with E-state index in [2.05, 4.69) is 5.16 Å². The number of fused-ring (bicyclic) bond motifs is 1. The van der Waals surface area contributed by atoms with Crippen molar-refractivity contribution in [2.24, 2.45) is 5.16 Å². The maximum absolute atomic E-state index is 11.9. The third kappa shape index (κ3) is 3.00. The van der Waals surface area contributed by atoms with Gasteiger partial charge >= 0.3 is 11.7 Å². The van der Waals surface area contributed by atoms with Crippen LogP contribution in [0.2, 0.25) is 0 Å². The number of ether oxygens (including phenoxy) is 1. The Morgan fingerprint density at radius 1 is 1.33 bits per heavy atom. The Bertz CT molecular complexity index is 814. The number of methoxy groups -OCH3 is 1. The van der Waals surface area contributed by atoms with Crippen molar-refractivity contribution >= 4 is 28.7 Å². The highest BCUT2D eigenvalue weighted by Gasteiger charge is 2.28. The zero-order valence-electron chi connectivity index (χ0n) is 12.9. The summed E-state index contributed by atoms with van der Waals surface area (Å²) in [6, 6.07) is 6.66. The number of nitro benzene ring substituents is 1. The fourth-order valence-corrected chi connectivity index (χ4v) is 3.30. The Kier molecular flexibility index (Phi) is 4.57. The zero-order chi connectivity index (χ0) is 17.1. The van der Waals surface area contributed by atoms with Gasteiger partial charge in [-0.2, -0.15) is 0 Å². The third-order valence-corrected chi connectivity index (χ3v) is 4.61. The van der Waals surface area contributed by atoms with Crippen LogP contribution in [0.1, 0.15) is 33.6 Å². The summed E-state index contributed by atoms with van der Waals surface area (Å²) in [4.78, 5) is 28.3. The van der Waals surface area contributed by atoms with E-state index in [1.54, 1.807) is 29.6 Å². The fraction of sp³-hybridized carbons (Fsp3) is 0.250. The van der Waals surface area contributed by atoms with Gasteiger partial charge in [-0.3, -0.25) is 10.1 Å². The molecule has 1 aromatic carbocycles. The van der Waals surface area contributed by atoms with Crippen LogP contribution < -0.4 is 4.74 Å². The lowest BCUT2D eigenvalue weighted by molar-refractivity contribution is -0.386. The van der Waals surface area contributed by atoms with Gasteiger partial charge in [0.1, 0.15) is 4.88 Å². The quantitative estimate of drug-likeness (QED) is 0.479. The standard InChI is InChI=1S/C16H14N2O5S/c1-22-13-8-7-10-11(15(13)18(20)21)4-2-5-12(10)17-23-16(19)14-6-3-9-24-14/h3,6-9H,2,4-5H2,1H3/b17-12+. The van der Waals surface area contributed by atoms with E-state index in [-0.39, 0.29) is 11.4 Å². The normalized spacial score (nSPS) is 15.0. The first kappa shape index (κ1) is 16.1. The second-order valence-corrected chi connectivity index (χ2v) is 6.09. The van der Waals surface area contributed by atoms with Gasteiger partial charge in [-0.1, -0.05) is 11.2 Å². The lowest BCUT2D eigenvalue weighted by atomic mass is 9.88. The number of hydrogen-bond donors (Lipinski definition) is 0. The van der Waals surface area contributed by atoms with E-state index in [0.717, 1.165) is 0 Å². The maximum atomic E-state index is 11.9. The fourth-order valence-electron chi connectivity index (χ4n) is 2.70. The Hall–Kier alpha value is -2.74. The van der Waals surface area contributed by atoms with Crippen LogP contribution in [-0.2, 0) is 11.3 Å². The number of carbonyl (C=O) groups excluding carboxylic acids is 1. The van der Waals surface area contributed by atoms with Crippen molar-refractivity contribution in [1.82, 2.24) is 0 Å². The van der Waals surface area contributed by atoms with E-state index in [1.165, 1.54) is 18.4 Å². The first-order valence-electron chi connectivity index (χ1n) is 7.28. The molecular weight excluding hydrogens is 332 g/mol. The van der Waals surface area contributed by atoms with Crippen LogP contribution in [0.15, 0.2) is 34.8 Å². The molecule has 2 aromatic rings. The molecule has 3 rings (SSSR count).